The molecule has 0 aromatic heterocycles. The van der Waals surface area contributed by atoms with E-state index in [1.807, 2.05) is 41.3 Å². The molecule has 0 amide bonds. The van der Waals surface area contributed by atoms with Gasteiger partial charge in [0.1, 0.15) is 6.10 Å². The third kappa shape index (κ3) is 5.11. The summed E-state index contributed by atoms with van der Waals surface area (Å²) in [5.41, 5.74) is 1.87. The van der Waals surface area contributed by atoms with Crippen LogP contribution in [0.3, 0.4) is 0 Å². The van der Waals surface area contributed by atoms with Crippen molar-refractivity contribution in [2.45, 2.75) is 39.4 Å². The minimum Gasteiger partial charge on any atom is -0.455 e. The fourth-order valence-corrected chi connectivity index (χ4v) is 2.47. The zero-order valence-corrected chi connectivity index (χ0v) is 15.2. The van der Waals surface area contributed by atoms with Gasteiger partial charge in [0, 0.05) is 7.11 Å². The number of ether oxygens (including phenoxy) is 2. The maximum absolute atomic E-state index is 12.4. The number of hydrogen-bond donors (Lipinski definition) is 0. The Labute approximate surface area is 140 Å². The van der Waals surface area contributed by atoms with Gasteiger partial charge in [-0.1, -0.05) is 66.8 Å². The first kappa shape index (κ1) is 18.2. The maximum atomic E-state index is 12.4. The molecule has 0 saturated heterocycles. The lowest BCUT2D eigenvalue weighted by atomic mass is 9.96. The van der Waals surface area contributed by atoms with Crippen molar-refractivity contribution >= 4 is 28.6 Å². The number of benzene rings is 1. The van der Waals surface area contributed by atoms with Crippen LogP contribution in [0.5, 0.6) is 0 Å². The van der Waals surface area contributed by atoms with Crippen molar-refractivity contribution < 1.29 is 14.3 Å². The molecule has 0 bridgehead atoms. The molecule has 0 saturated carbocycles. The molecule has 0 spiro atoms. The summed E-state index contributed by atoms with van der Waals surface area (Å²) in [6, 6.07) is 9.42. The van der Waals surface area contributed by atoms with Gasteiger partial charge in [0.15, 0.2) is 6.10 Å². The van der Waals surface area contributed by atoms with Crippen LogP contribution in [0.15, 0.2) is 40.0 Å². The van der Waals surface area contributed by atoms with Gasteiger partial charge < -0.3 is 9.47 Å². The van der Waals surface area contributed by atoms with E-state index in [2.05, 4.69) is 36.4 Å². The van der Waals surface area contributed by atoms with Crippen LogP contribution in [0.1, 0.15) is 38.9 Å². The van der Waals surface area contributed by atoms with Gasteiger partial charge in [-0.2, -0.15) is 0 Å². The predicted molar refractivity (Wildman–Crippen MR) is 93.3 cm³/mol. The molecule has 3 atom stereocenters. The van der Waals surface area contributed by atoms with E-state index in [0.29, 0.717) is 0 Å². The molecule has 1 rings (SSSR count). The number of carbonyl (C=O) groups excluding carboxylic acids is 1. The van der Waals surface area contributed by atoms with Crippen molar-refractivity contribution in [3.8, 4) is 0 Å². The van der Waals surface area contributed by atoms with Crippen molar-refractivity contribution in [2.24, 2.45) is 5.92 Å². The highest BCUT2D eigenvalue weighted by atomic mass is 127. The molecule has 0 aliphatic carbocycles. The van der Waals surface area contributed by atoms with Crippen LogP contribution in [-0.2, 0) is 14.3 Å². The topological polar surface area (TPSA) is 35.5 Å². The van der Waals surface area contributed by atoms with Crippen molar-refractivity contribution in [3.05, 3.63) is 45.6 Å². The number of methoxy groups -OCH3 is 1. The summed E-state index contributed by atoms with van der Waals surface area (Å²) < 4.78 is 13.0. The third-order valence-electron chi connectivity index (χ3n) is 3.58. The van der Waals surface area contributed by atoms with Crippen LogP contribution in [0.2, 0.25) is 0 Å². The summed E-state index contributed by atoms with van der Waals surface area (Å²) in [4.78, 5) is 12.4. The van der Waals surface area contributed by atoms with Gasteiger partial charge >= 0.3 is 5.97 Å². The molecule has 21 heavy (non-hydrogen) atoms. The third-order valence-corrected chi connectivity index (χ3v) is 4.56. The van der Waals surface area contributed by atoms with Crippen LogP contribution in [0.4, 0.5) is 0 Å². The Morgan fingerprint density at radius 2 is 1.95 bits per heavy atom. The number of carbonyl (C=O) groups is 1. The Bertz CT molecular complexity index is 470. The van der Waals surface area contributed by atoms with E-state index in [0.717, 1.165) is 17.6 Å². The average molecular weight is 402 g/mol. The summed E-state index contributed by atoms with van der Waals surface area (Å²) in [5, 5.41) is 0. The van der Waals surface area contributed by atoms with Crippen LogP contribution < -0.4 is 0 Å². The minimum absolute atomic E-state index is 0.208. The Kier molecular flexibility index (Phi) is 7.96. The molecular weight excluding hydrogens is 379 g/mol. The highest BCUT2D eigenvalue weighted by molar-refractivity contribution is 14.1. The maximum Gasteiger partial charge on any atom is 0.340 e. The Morgan fingerprint density at radius 3 is 2.43 bits per heavy atom. The molecule has 3 nitrogen and oxygen atoms in total. The SMILES string of the molecule is CC[C@@H](C)[C@@H](OC(=O)[C@H](OC)c1ccccc1)/C(C)=C/I. The molecule has 0 heterocycles. The van der Waals surface area contributed by atoms with Crippen LogP contribution >= 0.6 is 22.6 Å². The largest absolute Gasteiger partial charge is 0.455 e. The Hall–Kier alpha value is -0.880. The summed E-state index contributed by atoms with van der Waals surface area (Å²) in [6.07, 6.45) is 0.0588. The molecule has 0 unspecified atom stereocenters. The Balaban J connectivity index is 2.90. The molecule has 1 aromatic rings. The molecule has 0 fully saturated rings. The number of halogens is 1. The van der Waals surface area contributed by atoms with Crippen molar-refractivity contribution in [3.63, 3.8) is 0 Å². The smallest absolute Gasteiger partial charge is 0.340 e. The number of esters is 1. The van der Waals surface area contributed by atoms with Crippen molar-refractivity contribution in [2.75, 3.05) is 7.11 Å². The van der Waals surface area contributed by atoms with Crippen LogP contribution in [0, 0.1) is 5.92 Å². The molecule has 116 valence electrons. The second-order valence-corrected chi connectivity index (χ2v) is 5.75. The van der Waals surface area contributed by atoms with Gasteiger partial charge in [0.2, 0.25) is 0 Å². The first-order chi connectivity index (χ1) is 10.0. The standard InChI is InChI=1S/C17H23IO3/c1-5-12(2)15(13(3)11-18)21-17(19)16(20-4)14-9-7-6-8-10-14/h6-12,15-16H,5H2,1-4H3/b13-11+/t12-,15-,16-/m1/s1. The molecule has 0 aliphatic heterocycles. The van der Waals surface area contributed by atoms with E-state index >= 15 is 0 Å². The van der Waals surface area contributed by atoms with Crippen molar-refractivity contribution in [1.29, 1.82) is 0 Å². The fourth-order valence-electron chi connectivity index (χ4n) is 2.12. The molecule has 0 aliphatic rings. The van der Waals surface area contributed by atoms with Gasteiger partial charge in [-0.25, -0.2) is 4.79 Å². The van der Waals surface area contributed by atoms with Gasteiger partial charge in [-0.3, -0.25) is 0 Å². The lowest BCUT2D eigenvalue weighted by Gasteiger charge is -2.26. The van der Waals surface area contributed by atoms with E-state index in [4.69, 9.17) is 9.47 Å². The lowest BCUT2D eigenvalue weighted by Crippen LogP contribution is -2.29. The average Bonchev–Trinajstić information content (AvgIpc) is 2.52. The minimum atomic E-state index is -0.681. The highest BCUT2D eigenvalue weighted by Gasteiger charge is 2.28. The molecule has 1 aromatic carbocycles. The Morgan fingerprint density at radius 1 is 1.33 bits per heavy atom. The van der Waals surface area contributed by atoms with Crippen LogP contribution in [0.25, 0.3) is 0 Å². The molecule has 0 radical (unpaired) electrons. The summed E-state index contributed by atoms with van der Waals surface area (Å²) in [7, 11) is 1.53. The van der Waals surface area contributed by atoms with Crippen LogP contribution in [-0.4, -0.2) is 19.2 Å². The predicted octanol–water partition coefficient (Wildman–Crippen LogP) is 4.67. The highest BCUT2D eigenvalue weighted by Crippen LogP contribution is 2.25. The zero-order valence-electron chi connectivity index (χ0n) is 13.0. The lowest BCUT2D eigenvalue weighted by molar-refractivity contribution is -0.161. The molecule has 4 heteroatoms. The molecular formula is C17H23IO3. The van der Waals surface area contributed by atoms with Crippen molar-refractivity contribution in [1.82, 2.24) is 0 Å². The van der Waals surface area contributed by atoms with E-state index in [9.17, 15) is 4.79 Å². The summed E-state index contributed by atoms with van der Waals surface area (Å²) >= 11 is 2.18. The first-order valence-electron chi connectivity index (χ1n) is 7.10. The van der Waals surface area contributed by atoms with Gasteiger partial charge in [-0.05, 0) is 34.5 Å². The van der Waals surface area contributed by atoms with E-state index in [-0.39, 0.29) is 18.0 Å². The van der Waals surface area contributed by atoms with E-state index < -0.39 is 6.10 Å². The fraction of sp³-hybridized carbons (Fsp3) is 0.471. The number of rotatable bonds is 7. The molecule has 0 N–H and O–H groups in total. The quantitative estimate of drug-likeness (QED) is 0.491. The summed E-state index contributed by atoms with van der Waals surface area (Å²) in [5.74, 6) is -0.0696. The van der Waals surface area contributed by atoms with Gasteiger partial charge in [-0.15, -0.1) is 0 Å². The van der Waals surface area contributed by atoms with E-state index in [1.54, 1.807) is 0 Å². The normalized spacial score (nSPS) is 16.1. The second-order valence-electron chi connectivity index (χ2n) is 5.12. The summed E-state index contributed by atoms with van der Waals surface area (Å²) in [6.45, 7) is 6.17. The zero-order chi connectivity index (χ0) is 15.8. The van der Waals surface area contributed by atoms with Gasteiger partial charge in [0.05, 0.1) is 0 Å². The number of hydrogen-bond acceptors (Lipinski definition) is 3. The van der Waals surface area contributed by atoms with E-state index in [1.165, 1.54) is 7.11 Å². The monoisotopic (exact) mass is 402 g/mol. The van der Waals surface area contributed by atoms with Gasteiger partial charge in [0.25, 0.3) is 0 Å². The first-order valence-corrected chi connectivity index (χ1v) is 8.34. The second kappa shape index (κ2) is 9.20.